The molecule has 0 aliphatic heterocycles. The average Bonchev–Trinajstić information content (AvgIpc) is 2.41. The second-order valence-corrected chi connectivity index (χ2v) is 14.0. The van der Waals surface area contributed by atoms with Gasteiger partial charge in [0.2, 0.25) is 0 Å². The molecule has 0 aromatic rings. The van der Waals surface area contributed by atoms with E-state index in [0.29, 0.717) is 29.1 Å². The summed E-state index contributed by atoms with van der Waals surface area (Å²) in [5.74, 6) is 0.362. The van der Waals surface area contributed by atoms with Crippen molar-refractivity contribution in [3.05, 3.63) is 23.8 Å². The standard InChI is InChI=1S/C20H38O2Si/c1-14(2)19-11-10-18(9)20(21,12-19)13-22-23(15(3)4,16(5)6)17(7)8/h10,15-17,19,21H,1,11-13H2,2-9H3/t19-,20?/m1/s1. The molecule has 0 saturated carbocycles. The molecule has 0 amide bonds. The van der Waals surface area contributed by atoms with Crippen molar-refractivity contribution in [3.8, 4) is 0 Å². The van der Waals surface area contributed by atoms with Crippen LogP contribution in [0.2, 0.25) is 16.6 Å². The summed E-state index contributed by atoms with van der Waals surface area (Å²) in [6, 6.07) is 0. The maximum atomic E-state index is 11.3. The molecule has 1 aliphatic carbocycles. The van der Waals surface area contributed by atoms with Crippen LogP contribution in [0.15, 0.2) is 23.8 Å². The van der Waals surface area contributed by atoms with Crippen LogP contribution in [0, 0.1) is 5.92 Å². The van der Waals surface area contributed by atoms with E-state index in [9.17, 15) is 5.11 Å². The highest BCUT2D eigenvalue weighted by molar-refractivity contribution is 6.77. The minimum atomic E-state index is -1.95. The number of rotatable bonds is 7. The molecular weight excluding hydrogens is 300 g/mol. The largest absolute Gasteiger partial charge is 0.413 e. The Morgan fingerprint density at radius 1 is 1.26 bits per heavy atom. The van der Waals surface area contributed by atoms with E-state index < -0.39 is 13.9 Å². The van der Waals surface area contributed by atoms with Crippen LogP contribution in [-0.4, -0.2) is 25.6 Å². The van der Waals surface area contributed by atoms with Crippen molar-refractivity contribution in [2.45, 2.75) is 90.5 Å². The Kier molecular flexibility index (Phi) is 6.89. The number of aliphatic hydroxyl groups is 1. The highest BCUT2D eigenvalue weighted by atomic mass is 28.4. The van der Waals surface area contributed by atoms with Gasteiger partial charge >= 0.3 is 0 Å². The molecule has 2 atom stereocenters. The van der Waals surface area contributed by atoms with Crippen molar-refractivity contribution in [2.24, 2.45) is 5.92 Å². The van der Waals surface area contributed by atoms with Gasteiger partial charge in [0.25, 0.3) is 0 Å². The predicted octanol–water partition coefficient (Wildman–Crippen LogP) is 5.84. The first-order chi connectivity index (χ1) is 10.5. The highest BCUT2D eigenvalue weighted by Crippen LogP contribution is 2.44. The van der Waals surface area contributed by atoms with Crippen molar-refractivity contribution in [1.29, 1.82) is 0 Å². The van der Waals surface area contributed by atoms with Crippen LogP contribution in [0.1, 0.15) is 68.2 Å². The van der Waals surface area contributed by atoms with Crippen LogP contribution in [-0.2, 0) is 4.43 Å². The van der Waals surface area contributed by atoms with Gasteiger partial charge < -0.3 is 9.53 Å². The summed E-state index contributed by atoms with van der Waals surface area (Å²) in [4.78, 5) is 0. The number of allylic oxidation sites excluding steroid dienone is 2. The van der Waals surface area contributed by atoms with Gasteiger partial charge in [-0.2, -0.15) is 0 Å². The Bertz CT molecular complexity index is 429. The number of hydrogen-bond acceptors (Lipinski definition) is 2. The first kappa shape index (κ1) is 20.7. The van der Waals surface area contributed by atoms with Crippen LogP contribution < -0.4 is 0 Å². The van der Waals surface area contributed by atoms with Crippen molar-refractivity contribution in [2.75, 3.05) is 6.61 Å². The lowest BCUT2D eigenvalue weighted by Crippen LogP contribution is -2.52. The molecule has 0 saturated heterocycles. The summed E-state index contributed by atoms with van der Waals surface area (Å²) in [5, 5.41) is 11.3. The molecule has 0 aromatic heterocycles. The Morgan fingerprint density at radius 3 is 2.13 bits per heavy atom. The Morgan fingerprint density at radius 2 is 1.74 bits per heavy atom. The van der Waals surface area contributed by atoms with Crippen LogP contribution in [0.5, 0.6) is 0 Å². The Balaban J connectivity index is 3.02. The molecule has 0 radical (unpaired) electrons. The maximum absolute atomic E-state index is 11.3. The molecule has 0 bridgehead atoms. The van der Waals surface area contributed by atoms with E-state index in [1.54, 1.807) is 0 Å². The van der Waals surface area contributed by atoms with Gasteiger partial charge in [0, 0.05) is 0 Å². The van der Waals surface area contributed by atoms with E-state index in [1.165, 1.54) is 0 Å². The smallest absolute Gasteiger partial charge is 0.200 e. The molecule has 1 rings (SSSR count). The molecule has 0 fully saturated rings. The predicted molar refractivity (Wildman–Crippen MR) is 103 cm³/mol. The third-order valence-corrected chi connectivity index (χ3v) is 12.1. The van der Waals surface area contributed by atoms with Crippen LogP contribution in [0.25, 0.3) is 0 Å². The highest BCUT2D eigenvalue weighted by Gasteiger charge is 2.47. The fourth-order valence-electron chi connectivity index (χ4n) is 4.45. The monoisotopic (exact) mass is 338 g/mol. The summed E-state index contributed by atoms with van der Waals surface area (Å²) in [5.41, 5.74) is 3.00. The third-order valence-electron chi connectivity index (χ3n) is 5.99. The summed E-state index contributed by atoms with van der Waals surface area (Å²) in [6.07, 6.45) is 3.91. The third kappa shape index (κ3) is 4.18. The second-order valence-electron chi connectivity index (χ2n) is 8.51. The molecular formula is C20H38O2Si. The molecule has 23 heavy (non-hydrogen) atoms. The zero-order valence-corrected chi connectivity index (χ0v) is 17.6. The fraction of sp³-hybridized carbons (Fsp3) is 0.800. The van der Waals surface area contributed by atoms with Gasteiger partial charge in [-0.1, -0.05) is 59.8 Å². The zero-order valence-electron chi connectivity index (χ0n) is 16.6. The van der Waals surface area contributed by atoms with Gasteiger partial charge in [-0.15, -0.1) is 0 Å². The van der Waals surface area contributed by atoms with Crippen LogP contribution in [0.3, 0.4) is 0 Å². The second kappa shape index (κ2) is 7.67. The molecule has 1 N–H and O–H groups in total. The van der Waals surface area contributed by atoms with E-state index in [0.717, 1.165) is 24.0 Å². The molecule has 2 nitrogen and oxygen atoms in total. The van der Waals surface area contributed by atoms with Gasteiger partial charge in [-0.05, 0) is 54.8 Å². The van der Waals surface area contributed by atoms with Crippen molar-refractivity contribution < 1.29 is 9.53 Å². The van der Waals surface area contributed by atoms with E-state index in [4.69, 9.17) is 4.43 Å². The molecule has 134 valence electrons. The quantitative estimate of drug-likeness (QED) is 0.466. The first-order valence-corrected chi connectivity index (χ1v) is 11.3. The van der Waals surface area contributed by atoms with Gasteiger partial charge in [0.15, 0.2) is 8.32 Å². The van der Waals surface area contributed by atoms with E-state index in [1.807, 2.05) is 6.92 Å². The Labute approximate surface area is 145 Å². The normalized spacial score (nSPS) is 26.1. The zero-order chi connectivity index (χ0) is 18.0. The fourth-order valence-corrected chi connectivity index (χ4v) is 9.94. The lowest BCUT2D eigenvalue weighted by molar-refractivity contribution is -0.000697. The van der Waals surface area contributed by atoms with Gasteiger partial charge in [-0.3, -0.25) is 0 Å². The Hall–Kier alpha value is -0.383. The van der Waals surface area contributed by atoms with E-state index >= 15 is 0 Å². The van der Waals surface area contributed by atoms with Crippen LogP contribution >= 0.6 is 0 Å². The summed E-state index contributed by atoms with van der Waals surface area (Å²) in [7, 11) is -1.95. The van der Waals surface area contributed by atoms with Crippen LogP contribution in [0.4, 0.5) is 0 Å². The van der Waals surface area contributed by atoms with Gasteiger partial charge in [0.1, 0.15) is 5.60 Å². The van der Waals surface area contributed by atoms with Gasteiger partial charge in [0.05, 0.1) is 6.61 Å². The average molecular weight is 339 g/mol. The van der Waals surface area contributed by atoms with Gasteiger partial charge in [-0.25, -0.2) is 0 Å². The molecule has 0 heterocycles. The molecule has 0 aromatic carbocycles. The maximum Gasteiger partial charge on any atom is 0.200 e. The minimum absolute atomic E-state index is 0.362. The van der Waals surface area contributed by atoms with Crippen molar-refractivity contribution in [1.82, 2.24) is 0 Å². The lowest BCUT2D eigenvalue weighted by Gasteiger charge is -2.45. The summed E-state index contributed by atoms with van der Waals surface area (Å²) < 4.78 is 6.67. The van der Waals surface area contributed by atoms with Crippen molar-refractivity contribution in [3.63, 3.8) is 0 Å². The molecule has 0 spiro atoms. The summed E-state index contributed by atoms with van der Waals surface area (Å²) >= 11 is 0. The molecule has 1 aliphatic rings. The summed E-state index contributed by atoms with van der Waals surface area (Å²) in [6.45, 7) is 22.4. The van der Waals surface area contributed by atoms with E-state index in [-0.39, 0.29) is 0 Å². The SMILES string of the molecule is C=C(C)[C@@H]1CC=C(C)C(O)(CO[Si](C(C)C)(C(C)C)C(C)C)C1. The lowest BCUT2D eigenvalue weighted by atomic mass is 9.76. The van der Waals surface area contributed by atoms with Crippen molar-refractivity contribution >= 4 is 8.32 Å². The molecule has 1 unspecified atom stereocenters. The first-order valence-electron chi connectivity index (χ1n) is 9.16. The minimum Gasteiger partial charge on any atom is -0.413 e. The molecule has 3 heteroatoms. The number of hydrogen-bond donors (Lipinski definition) is 1. The topological polar surface area (TPSA) is 29.5 Å². The van der Waals surface area contributed by atoms with E-state index in [2.05, 4.69) is 61.1 Å².